The third kappa shape index (κ3) is 3.62. The van der Waals surface area contributed by atoms with Crippen LogP contribution in [0.5, 0.6) is 5.75 Å². The van der Waals surface area contributed by atoms with E-state index in [1.807, 2.05) is 17.5 Å². The number of benzene rings is 1. The van der Waals surface area contributed by atoms with Crippen LogP contribution in [0.2, 0.25) is 0 Å². The Bertz CT molecular complexity index is 998. The second kappa shape index (κ2) is 7.41. The quantitative estimate of drug-likeness (QED) is 0.647. The lowest BCUT2D eigenvalue weighted by Crippen LogP contribution is -2.39. The smallest absolute Gasteiger partial charge is 0.243 e. The fourth-order valence-corrected chi connectivity index (χ4v) is 5.34. The maximum atomic E-state index is 13.0. The maximum absolute atomic E-state index is 13.0. The van der Waals surface area contributed by atoms with Gasteiger partial charge in [-0.15, -0.1) is 11.3 Å². The molecule has 1 aliphatic heterocycles. The molecule has 1 aromatic carbocycles. The van der Waals surface area contributed by atoms with Gasteiger partial charge in [0.2, 0.25) is 21.7 Å². The van der Waals surface area contributed by atoms with Gasteiger partial charge in [-0.05, 0) is 48.6 Å². The molecule has 27 heavy (non-hydrogen) atoms. The van der Waals surface area contributed by atoms with Gasteiger partial charge in [-0.3, -0.25) is 0 Å². The Morgan fingerprint density at radius 1 is 1.26 bits per heavy atom. The first kappa shape index (κ1) is 18.1. The summed E-state index contributed by atoms with van der Waals surface area (Å²) in [6.07, 6.45) is 1.57. The molecule has 0 aliphatic carbocycles. The summed E-state index contributed by atoms with van der Waals surface area (Å²) in [5.41, 5.74) is 0. The van der Waals surface area contributed by atoms with Gasteiger partial charge < -0.3 is 9.26 Å². The first-order valence-electron chi connectivity index (χ1n) is 8.59. The molecule has 1 fully saturated rings. The highest BCUT2D eigenvalue weighted by molar-refractivity contribution is 7.89. The van der Waals surface area contributed by atoms with Crippen LogP contribution < -0.4 is 4.74 Å². The zero-order chi connectivity index (χ0) is 18.9. The van der Waals surface area contributed by atoms with Gasteiger partial charge in [-0.2, -0.15) is 9.29 Å². The molecule has 0 saturated carbocycles. The van der Waals surface area contributed by atoms with Crippen LogP contribution in [0.1, 0.15) is 24.7 Å². The van der Waals surface area contributed by atoms with Crippen molar-refractivity contribution in [1.29, 1.82) is 0 Å². The zero-order valence-electron chi connectivity index (χ0n) is 14.7. The Morgan fingerprint density at radius 2 is 2.07 bits per heavy atom. The van der Waals surface area contributed by atoms with E-state index in [1.54, 1.807) is 31.4 Å². The maximum Gasteiger partial charge on any atom is 0.243 e. The van der Waals surface area contributed by atoms with Gasteiger partial charge in [0.05, 0.1) is 22.8 Å². The Morgan fingerprint density at radius 3 is 2.78 bits per heavy atom. The number of aromatic nitrogens is 2. The van der Waals surface area contributed by atoms with Gasteiger partial charge in [0.25, 0.3) is 0 Å². The van der Waals surface area contributed by atoms with Crippen LogP contribution in [0, 0.1) is 0 Å². The van der Waals surface area contributed by atoms with Crippen molar-refractivity contribution < 1.29 is 17.7 Å². The van der Waals surface area contributed by atoms with Crippen molar-refractivity contribution in [3.63, 3.8) is 0 Å². The number of hydrogen-bond acceptors (Lipinski definition) is 7. The zero-order valence-corrected chi connectivity index (χ0v) is 16.4. The molecule has 3 aromatic rings. The molecule has 1 saturated heterocycles. The van der Waals surface area contributed by atoms with Gasteiger partial charge in [0, 0.05) is 13.1 Å². The number of hydrogen-bond donors (Lipinski definition) is 0. The minimum atomic E-state index is -3.57. The second-order valence-corrected chi connectivity index (χ2v) is 9.20. The highest BCUT2D eigenvalue weighted by Crippen LogP contribution is 2.31. The van der Waals surface area contributed by atoms with Crippen LogP contribution in [0.15, 0.2) is 51.2 Å². The fourth-order valence-electron chi connectivity index (χ4n) is 3.17. The molecule has 4 rings (SSSR count). The number of rotatable bonds is 5. The van der Waals surface area contributed by atoms with Gasteiger partial charge >= 0.3 is 0 Å². The minimum absolute atomic E-state index is 0.104. The van der Waals surface area contributed by atoms with Crippen molar-refractivity contribution in [2.45, 2.75) is 23.7 Å². The number of sulfonamides is 1. The van der Waals surface area contributed by atoms with Crippen molar-refractivity contribution >= 4 is 21.4 Å². The highest BCUT2D eigenvalue weighted by atomic mass is 32.2. The normalized spacial score (nSPS) is 18.5. The number of thiophene rings is 1. The van der Waals surface area contributed by atoms with Gasteiger partial charge in [-0.1, -0.05) is 11.2 Å². The average Bonchev–Trinajstić information content (AvgIpc) is 3.40. The molecule has 0 N–H and O–H groups in total. The summed E-state index contributed by atoms with van der Waals surface area (Å²) in [5, 5.41) is 5.99. The van der Waals surface area contributed by atoms with Crippen molar-refractivity contribution in [3.05, 3.63) is 47.7 Å². The predicted octanol–water partition coefficient (Wildman–Crippen LogP) is 3.38. The topological polar surface area (TPSA) is 85.5 Å². The van der Waals surface area contributed by atoms with E-state index in [-0.39, 0.29) is 10.8 Å². The summed E-state index contributed by atoms with van der Waals surface area (Å²) < 4.78 is 38.0. The molecule has 7 nitrogen and oxygen atoms in total. The number of piperidine rings is 1. The molecule has 2 aromatic heterocycles. The molecule has 0 amide bonds. The molecule has 0 unspecified atom stereocenters. The standard InChI is InChI=1S/C18H19N3O4S2/c1-24-14-6-8-15(9-7-14)27(22,23)21-10-2-4-13(12-21)18-19-17(20-25-18)16-5-3-11-26-16/h3,5-9,11,13H,2,4,10,12H2,1H3/t13-/m0/s1. The molecule has 142 valence electrons. The summed E-state index contributed by atoms with van der Waals surface area (Å²) in [7, 11) is -2.03. The summed E-state index contributed by atoms with van der Waals surface area (Å²) in [6.45, 7) is 0.817. The molecular weight excluding hydrogens is 386 g/mol. The summed E-state index contributed by atoms with van der Waals surface area (Å²) in [4.78, 5) is 5.67. The van der Waals surface area contributed by atoms with E-state index in [1.165, 1.54) is 15.6 Å². The van der Waals surface area contributed by atoms with E-state index in [4.69, 9.17) is 9.26 Å². The lowest BCUT2D eigenvalue weighted by molar-refractivity contribution is 0.265. The Kier molecular flexibility index (Phi) is 4.98. The van der Waals surface area contributed by atoms with Crippen LogP contribution in [0.25, 0.3) is 10.7 Å². The summed E-state index contributed by atoms with van der Waals surface area (Å²) >= 11 is 1.54. The van der Waals surface area contributed by atoms with E-state index in [0.717, 1.165) is 17.7 Å². The first-order chi connectivity index (χ1) is 13.1. The van der Waals surface area contributed by atoms with Gasteiger partial charge in [0.15, 0.2) is 0 Å². The third-order valence-corrected chi connectivity index (χ3v) is 7.36. The lowest BCUT2D eigenvalue weighted by Gasteiger charge is -2.30. The monoisotopic (exact) mass is 405 g/mol. The lowest BCUT2D eigenvalue weighted by atomic mass is 10.00. The van der Waals surface area contributed by atoms with E-state index in [9.17, 15) is 8.42 Å². The number of methoxy groups -OCH3 is 1. The highest BCUT2D eigenvalue weighted by Gasteiger charge is 2.33. The molecule has 0 spiro atoms. The van der Waals surface area contributed by atoms with E-state index >= 15 is 0 Å². The molecule has 0 bridgehead atoms. The van der Waals surface area contributed by atoms with Crippen molar-refractivity contribution in [1.82, 2.24) is 14.4 Å². The van der Waals surface area contributed by atoms with Crippen LogP contribution in [0.3, 0.4) is 0 Å². The van der Waals surface area contributed by atoms with E-state index in [2.05, 4.69) is 10.1 Å². The molecule has 3 heterocycles. The van der Waals surface area contributed by atoms with Crippen molar-refractivity contribution in [3.8, 4) is 16.5 Å². The molecule has 1 aliphatic rings. The van der Waals surface area contributed by atoms with Crippen molar-refractivity contribution in [2.75, 3.05) is 20.2 Å². The van der Waals surface area contributed by atoms with Crippen LogP contribution >= 0.6 is 11.3 Å². The van der Waals surface area contributed by atoms with Crippen LogP contribution in [0.4, 0.5) is 0 Å². The minimum Gasteiger partial charge on any atom is -0.497 e. The number of ether oxygens (including phenoxy) is 1. The van der Waals surface area contributed by atoms with E-state index in [0.29, 0.717) is 30.6 Å². The summed E-state index contributed by atoms with van der Waals surface area (Å²) in [6, 6.07) is 10.3. The molecule has 0 radical (unpaired) electrons. The fraction of sp³-hybridized carbons (Fsp3) is 0.333. The van der Waals surface area contributed by atoms with E-state index < -0.39 is 10.0 Å². The largest absolute Gasteiger partial charge is 0.497 e. The molecule has 9 heteroatoms. The van der Waals surface area contributed by atoms with Gasteiger partial charge in [-0.25, -0.2) is 8.42 Å². The third-order valence-electron chi connectivity index (χ3n) is 4.61. The Hall–Kier alpha value is -2.23. The van der Waals surface area contributed by atoms with Crippen LogP contribution in [-0.4, -0.2) is 43.1 Å². The van der Waals surface area contributed by atoms with Crippen molar-refractivity contribution in [2.24, 2.45) is 0 Å². The average molecular weight is 406 g/mol. The van der Waals surface area contributed by atoms with Gasteiger partial charge in [0.1, 0.15) is 5.75 Å². The summed E-state index contributed by atoms with van der Waals surface area (Å²) in [5.74, 6) is 1.56. The Labute approximate surface area is 161 Å². The molecular formula is C18H19N3O4S2. The predicted molar refractivity (Wildman–Crippen MR) is 101 cm³/mol. The molecule has 1 atom stereocenters. The SMILES string of the molecule is COc1ccc(S(=O)(=O)N2CCC[C@H](c3nc(-c4cccs4)no3)C2)cc1. The second-order valence-electron chi connectivity index (χ2n) is 6.31. The number of nitrogens with zero attached hydrogens (tertiary/aromatic N) is 3. The Balaban J connectivity index is 1.53. The first-order valence-corrected chi connectivity index (χ1v) is 10.9. The van der Waals surface area contributed by atoms with Crippen LogP contribution in [-0.2, 0) is 10.0 Å².